The van der Waals surface area contributed by atoms with Crippen LogP contribution in [0.15, 0.2) is 18.2 Å². The minimum atomic E-state index is 0.149. The van der Waals surface area contributed by atoms with E-state index < -0.39 is 0 Å². The summed E-state index contributed by atoms with van der Waals surface area (Å²) in [5.41, 5.74) is 2.32. The number of nitrogens with one attached hydrogen (secondary N) is 1. The van der Waals surface area contributed by atoms with E-state index in [-0.39, 0.29) is 5.91 Å². The minimum absolute atomic E-state index is 0.149. The Balaban J connectivity index is 2.13. The maximum absolute atomic E-state index is 11.4. The van der Waals surface area contributed by atoms with E-state index in [4.69, 9.17) is 11.6 Å². The highest BCUT2D eigenvalue weighted by atomic mass is 35.5. The SMILES string of the molecule is CC(=O)N1CCN(c2c(Cl)cccc2CNC(C)C)CC1. The summed E-state index contributed by atoms with van der Waals surface area (Å²) < 4.78 is 0. The maximum Gasteiger partial charge on any atom is 0.219 e. The quantitative estimate of drug-likeness (QED) is 0.928. The van der Waals surface area contributed by atoms with Crippen LogP contribution in [0.3, 0.4) is 0 Å². The highest BCUT2D eigenvalue weighted by Crippen LogP contribution is 2.30. The van der Waals surface area contributed by atoms with E-state index in [0.717, 1.165) is 43.4 Å². The smallest absolute Gasteiger partial charge is 0.219 e. The molecule has 1 saturated heterocycles. The first-order chi connectivity index (χ1) is 9.99. The lowest BCUT2D eigenvalue weighted by molar-refractivity contribution is -0.129. The fourth-order valence-electron chi connectivity index (χ4n) is 2.62. The lowest BCUT2D eigenvalue weighted by Gasteiger charge is -2.37. The Bertz CT molecular complexity index is 496. The van der Waals surface area contributed by atoms with Crippen LogP contribution in [-0.2, 0) is 11.3 Å². The third kappa shape index (κ3) is 4.11. The van der Waals surface area contributed by atoms with Crippen molar-refractivity contribution in [2.24, 2.45) is 0 Å². The zero-order valence-corrected chi connectivity index (χ0v) is 13.8. The van der Waals surface area contributed by atoms with Gasteiger partial charge in [0.15, 0.2) is 0 Å². The van der Waals surface area contributed by atoms with Gasteiger partial charge in [-0.1, -0.05) is 37.6 Å². The van der Waals surface area contributed by atoms with Crippen LogP contribution >= 0.6 is 11.6 Å². The second-order valence-electron chi connectivity index (χ2n) is 5.78. The fraction of sp³-hybridized carbons (Fsp3) is 0.562. The van der Waals surface area contributed by atoms with Gasteiger partial charge in [0.1, 0.15) is 0 Å². The standard InChI is InChI=1S/C16H24ClN3O/c1-12(2)18-11-14-5-4-6-15(17)16(14)20-9-7-19(8-10-20)13(3)21/h4-6,12,18H,7-11H2,1-3H3. The van der Waals surface area contributed by atoms with Crippen LogP contribution in [0.1, 0.15) is 26.3 Å². The van der Waals surface area contributed by atoms with Crippen molar-refractivity contribution in [3.05, 3.63) is 28.8 Å². The Kier molecular flexibility index (Phi) is 5.48. The Morgan fingerprint density at radius 1 is 1.29 bits per heavy atom. The van der Waals surface area contributed by atoms with E-state index in [1.807, 2.05) is 17.0 Å². The molecule has 0 aliphatic carbocycles. The summed E-state index contributed by atoms with van der Waals surface area (Å²) >= 11 is 6.43. The average molecular weight is 310 g/mol. The van der Waals surface area contributed by atoms with Crippen molar-refractivity contribution < 1.29 is 4.79 Å². The van der Waals surface area contributed by atoms with Crippen LogP contribution in [0.5, 0.6) is 0 Å². The zero-order chi connectivity index (χ0) is 15.4. The molecule has 0 atom stereocenters. The highest BCUT2D eigenvalue weighted by Gasteiger charge is 2.22. The van der Waals surface area contributed by atoms with Crippen molar-refractivity contribution in [1.82, 2.24) is 10.2 Å². The number of para-hydroxylation sites is 1. The van der Waals surface area contributed by atoms with Gasteiger partial charge in [-0.25, -0.2) is 0 Å². The molecule has 4 nitrogen and oxygen atoms in total. The van der Waals surface area contributed by atoms with E-state index in [0.29, 0.717) is 6.04 Å². The third-order valence-corrected chi connectivity index (χ3v) is 4.12. The number of anilines is 1. The summed E-state index contributed by atoms with van der Waals surface area (Å²) in [6.07, 6.45) is 0. The van der Waals surface area contributed by atoms with Gasteiger partial charge in [0.25, 0.3) is 0 Å². The molecule has 1 aromatic rings. The van der Waals surface area contributed by atoms with Gasteiger partial charge in [0.05, 0.1) is 10.7 Å². The number of nitrogens with zero attached hydrogens (tertiary/aromatic N) is 2. The Hall–Kier alpha value is -1.26. The van der Waals surface area contributed by atoms with Crippen LogP contribution in [0.25, 0.3) is 0 Å². The molecule has 0 spiro atoms. The van der Waals surface area contributed by atoms with E-state index in [9.17, 15) is 4.79 Å². The number of carbonyl (C=O) groups excluding carboxylic acids is 1. The van der Waals surface area contributed by atoms with Gasteiger partial charge in [0.2, 0.25) is 5.91 Å². The molecule has 2 rings (SSSR count). The van der Waals surface area contributed by atoms with Gasteiger partial charge in [0, 0.05) is 45.7 Å². The second-order valence-corrected chi connectivity index (χ2v) is 6.18. The number of benzene rings is 1. The molecule has 1 aliphatic heterocycles. The molecule has 1 heterocycles. The van der Waals surface area contributed by atoms with Crippen molar-refractivity contribution in [2.75, 3.05) is 31.1 Å². The average Bonchev–Trinajstić information content (AvgIpc) is 2.45. The molecule has 1 aromatic carbocycles. The second kappa shape index (κ2) is 7.14. The summed E-state index contributed by atoms with van der Waals surface area (Å²) in [5, 5.41) is 4.23. The van der Waals surface area contributed by atoms with Gasteiger partial charge in [-0.3, -0.25) is 4.79 Å². The van der Waals surface area contributed by atoms with Crippen LogP contribution in [-0.4, -0.2) is 43.0 Å². The lowest BCUT2D eigenvalue weighted by Crippen LogP contribution is -2.48. The van der Waals surface area contributed by atoms with Gasteiger partial charge >= 0.3 is 0 Å². The number of halogens is 1. The van der Waals surface area contributed by atoms with Crippen molar-refractivity contribution in [1.29, 1.82) is 0 Å². The van der Waals surface area contributed by atoms with E-state index in [2.05, 4.69) is 30.1 Å². The molecule has 0 saturated carbocycles. The monoisotopic (exact) mass is 309 g/mol. The molecule has 1 N–H and O–H groups in total. The van der Waals surface area contributed by atoms with Crippen molar-refractivity contribution in [3.8, 4) is 0 Å². The lowest BCUT2D eigenvalue weighted by atomic mass is 10.1. The van der Waals surface area contributed by atoms with Gasteiger partial charge < -0.3 is 15.1 Å². The van der Waals surface area contributed by atoms with E-state index >= 15 is 0 Å². The molecule has 1 aliphatic rings. The molecule has 0 unspecified atom stereocenters. The molecule has 0 aromatic heterocycles. The molecule has 21 heavy (non-hydrogen) atoms. The highest BCUT2D eigenvalue weighted by molar-refractivity contribution is 6.33. The number of amides is 1. The van der Waals surface area contributed by atoms with Crippen molar-refractivity contribution in [2.45, 2.75) is 33.4 Å². The molecular weight excluding hydrogens is 286 g/mol. The Morgan fingerprint density at radius 2 is 1.95 bits per heavy atom. The molecule has 0 bridgehead atoms. The molecule has 1 fully saturated rings. The van der Waals surface area contributed by atoms with Crippen LogP contribution < -0.4 is 10.2 Å². The molecule has 1 amide bonds. The number of hydrogen-bond donors (Lipinski definition) is 1. The Labute approximate surface area is 132 Å². The molecule has 116 valence electrons. The molecular formula is C16H24ClN3O. The van der Waals surface area contributed by atoms with E-state index in [1.165, 1.54) is 5.56 Å². The predicted molar refractivity (Wildman–Crippen MR) is 87.9 cm³/mol. The first-order valence-corrected chi connectivity index (χ1v) is 7.88. The summed E-state index contributed by atoms with van der Waals surface area (Å²) in [4.78, 5) is 15.6. The first-order valence-electron chi connectivity index (χ1n) is 7.50. The van der Waals surface area contributed by atoms with Gasteiger partial charge in [-0.15, -0.1) is 0 Å². The van der Waals surface area contributed by atoms with Crippen LogP contribution in [0, 0.1) is 0 Å². The first kappa shape index (κ1) is 16.1. The van der Waals surface area contributed by atoms with Gasteiger partial charge in [-0.2, -0.15) is 0 Å². The largest absolute Gasteiger partial charge is 0.367 e. The fourth-order valence-corrected chi connectivity index (χ4v) is 2.93. The van der Waals surface area contributed by atoms with E-state index in [1.54, 1.807) is 6.92 Å². The number of carbonyl (C=O) groups is 1. The topological polar surface area (TPSA) is 35.6 Å². The predicted octanol–water partition coefficient (Wildman–Crippen LogP) is 2.51. The normalized spacial score (nSPS) is 15.7. The summed E-state index contributed by atoms with van der Waals surface area (Å²) in [6, 6.07) is 6.49. The van der Waals surface area contributed by atoms with Crippen molar-refractivity contribution >= 4 is 23.2 Å². The van der Waals surface area contributed by atoms with Crippen LogP contribution in [0.2, 0.25) is 5.02 Å². The van der Waals surface area contributed by atoms with Crippen LogP contribution in [0.4, 0.5) is 5.69 Å². The number of piperazine rings is 1. The maximum atomic E-state index is 11.4. The van der Waals surface area contributed by atoms with Crippen molar-refractivity contribution in [3.63, 3.8) is 0 Å². The third-order valence-electron chi connectivity index (χ3n) is 3.81. The summed E-state index contributed by atoms with van der Waals surface area (Å²) in [5.74, 6) is 0.149. The molecule has 0 radical (unpaired) electrons. The summed E-state index contributed by atoms with van der Waals surface area (Å²) in [7, 11) is 0. The number of rotatable bonds is 4. The van der Waals surface area contributed by atoms with Gasteiger partial charge in [-0.05, 0) is 11.6 Å². The Morgan fingerprint density at radius 3 is 2.52 bits per heavy atom. The molecule has 5 heteroatoms. The summed E-state index contributed by atoms with van der Waals surface area (Å²) in [6.45, 7) is 9.89. The number of hydrogen-bond acceptors (Lipinski definition) is 3. The zero-order valence-electron chi connectivity index (χ0n) is 13.0. The minimum Gasteiger partial charge on any atom is -0.367 e.